The second-order valence-electron chi connectivity index (χ2n) is 7.73. The lowest BCUT2D eigenvalue weighted by Crippen LogP contribution is -2.29. The average Bonchev–Trinajstić information content (AvgIpc) is 2.74. The van der Waals surface area contributed by atoms with Gasteiger partial charge in [0.25, 0.3) is 5.91 Å². The summed E-state index contributed by atoms with van der Waals surface area (Å²) in [6, 6.07) is 9.86. The fraction of sp³-hybridized carbons (Fsp3) is 0.522. The van der Waals surface area contributed by atoms with Gasteiger partial charge in [0, 0.05) is 43.2 Å². The van der Waals surface area contributed by atoms with Gasteiger partial charge in [-0.2, -0.15) is 0 Å². The van der Waals surface area contributed by atoms with Crippen LogP contribution < -0.4 is 15.1 Å². The van der Waals surface area contributed by atoms with Gasteiger partial charge in [0.15, 0.2) is 0 Å². The lowest BCUT2D eigenvalue weighted by Gasteiger charge is -2.28. The fourth-order valence-corrected chi connectivity index (χ4v) is 3.77. The highest BCUT2D eigenvalue weighted by atomic mass is 16.1. The minimum Gasteiger partial charge on any atom is -0.372 e. The molecule has 0 aliphatic carbocycles. The number of aryl methyl sites for hydroxylation is 1. The molecule has 0 bridgehead atoms. The molecule has 0 unspecified atom stereocenters. The number of aromatic nitrogens is 2. The molecule has 1 aromatic heterocycles. The number of amides is 1. The number of rotatable bonds is 8. The Morgan fingerprint density at radius 1 is 1.03 bits per heavy atom. The second-order valence-corrected chi connectivity index (χ2v) is 7.73. The van der Waals surface area contributed by atoms with Crippen LogP contribution in [0, 0.1) is 6.92 Å². The van der Waals surface area contributed by atoms with Crippen LogP contribution in [0.5, 0.6) is 0 Å². The van der Waals surface area contributed by atoms with Crippen LogP contribution in [0.4, 0.5) is 17.3 Å². The van der Waals surface area contributed by atoms with Gasteiger partial charge in [-0.05, 0) is 69.4 Å². The SMILES string of the molecule is CCCN(CCC)c1nc(C)cc(C(=O)Nc2ccc(N3CCCCC3)cc2)n1. The first-order valence-corrected chi connectivity index (χ1v) is 10.9. The van der Waals surface area contributed by atoms with Crippen LogP contribution >= 0.6 is 0 Å². The van der Waals surface area contributed by atoms with Crippen LogP contribution in [0.2, 0.25) is 0 Å². The maximum atomic E-state index is 12.8. The number of piperidine rings is 1. The molecule has 1 N–H and O–H groups in total. The molecule has 0 radical (unpaired) electrons. The van der Waals surface area contributed by atoms with Gasteiger partial charge in [0.05, 0.1) is 0 Å². The molecule has 1 fully saturated rings. The van der Waals surface area contributed by atoms with E-state index in [0.29, 0.717) is 11.6 Å². The van der Waals surface area contributed by atoms with E-state index in [0.717, 1.165) is 50.4 Å². The predicted octanol–water partition coefficient (Wildman–Crippen LogP) is 4.65. The van der Waals surface area contributed by atoms with Gasteiger partial charge in [-0.1, -0.05) is 13.8 Å². The molecule has 6 heteroatoms. The molecular weight excluding hydrogens is 362 g/mol. The summed E-state index contributed by atoms with van der Waals surface area (Å²) in [5, 5.41) is 2.98. The van der Waals surface area contributed by atoms with Gasteiger partial charge in [0.2, 0.25) is 5.95 Å². The van der Waals surface area contributed by atoms with E-state index in [1.165, 1.54) is 24.9 Å². The highest BCUT2D eigenvalue weighted by Crippen LogP contribution is 2.22. The van der Waals surface area contributed by atoms with Crippen LogP contribution in [0.25, 0.3) is 0 Å². The zero-order valence-electron chi connectivity index (χ0n) is 17.9. The first kappa shape index (κ1) is 21.1. The Bertz CT molecular complexity index is 793. The molecule has 1 aromatic carbocycles. The molecule has 0 saturated carbocycles. The van der Waals surface area contributed by atoms with Crippen LogP contribution in [0.15, 0.2) is 30.3 Å². The molecular formula is C23H33N5O. The van der Waals surface area contributed by atoms with E-state index in [1.54, 1.807) is 6.07 Å². The first-order chi connectivity index (χ1) is 14.1. The smallest absolute Gasteiger partial charge is 0.274 e. The Morgan fingerprint density at radius 3 is 2.31 bits per heavy atom. The van der Waals surface area contributed by atoms with Crippen LogP contribution in [0.1, 0.15) is 62.1 Å². The minimum absolute atomic E-state index is 0.199. The second kappa shape index (κ2) is 10.2. The van der Waals surface area contributed by atoms with E-state index in [2.05, 4.69) is 51.1 Å². The van der Waals surface area contributed by atoms with Gasteiger partial charge in [-0.25, -0.2) is 9.97 Å². The van der Waals surface area contributed by atoms with Gasteiger partial charge >= 0.3 is 0 Å². The van der Waals surface area contributed by atoms with Crippen molar-refractivity contribution in [2.24, 2.45) is 0 Å². The zero-order chi connectivity index (χ0) is 20.6. The Labute approximate surface area is 174 Å². The number of benzene rings is 1. The third kappa shape index (κ3) is 5.68. The maximum absolute atomic E-state index is 12.8. The van der Waals surface area contributed by atoms with E-state index in [4.69, 9.17) is 0 Å². The van der Waals surface area contributed by atoms with Gasteiger partial charge in [0.1, 0.15) is 5.69 Å². The molecule has 1 aliphatic heterocycles. The van der Waals surface area contributed by atoms with Crippen molar-refractivity contribution in [2.75, 3.05) is 41.3 Å². The van der Waals surface area contributed by atoms with Crippen molar-refractivity contribution >= 4 is 23.2 Å². The van der Waals surface area contributed by atoms with Crippen LogP contribution in [-0.2, 0) is 0 Å². The summed E-state index contributed by atoms with van der Waals surface area (Å²) < 4.78 is 0. The fourth-order valence-electron chi connectivity index (χ4n) is 3.77. The van der Waals surface area contributed by atoms with E-state index < -0.39 is 0 Å². The lowest BCUT2D eigenvalue weighted by atomic mass is 10.1. The van der Waals surface area contributed by atoms with E-state index in [9.17, 15) is 4.79 Å². The molecule has 3 rings (SSSR count). The molecule has 0 spiro atoms. The number of nitrogens with one attached hydrogen (secondary N) is 1. The zero-order valence-corrected chi connectivity index (χ0v) is 17.9. The summed E-state index contributed by atoms with van der Waals surface area (Å²) >= 11 is 0. The Kier molecular flexibility index (Phi) is 7.44. The molecule has 1 saturated heterocycles. The summed E-state index contributed by atoms with van der Waals surface area (Å²) in [6.07, 6.45) is 5.85. The number of anilines is 3. The van der Waals surface area contributed by atoms with Crippen molar-refractivity contribution in [1.82, 2.24) is 9.97 Å². The van der Waals surface area contributed by atoms with E-state index >= 15 is 0 Å². The van der Waals surface area contributed by atoms with E-state index in [1.807, 2.05) is 19.1 Å². The van der Waals surface area contributed by atoms with Gasteiger partial charge in [-0.3, -0.25) is 4.79 Å². The number of hydrogen-bond acceptors (Lipinski definition) is 5. The maximum Gasteiger partial charge on any atom is 0.274 e. The highest BCUT2D eigenvalue weighted by Gasteiger charge is 2.15. The third-order valence-corrected chi connectivity index (χ3v) is 5.19. The highest BCUT2D eigenvalue weighted by molar-refractivity contribution is 6.03. The molecule has 0 atom stereocenters. The number of carbonyl (C=O) groups excluding carboxylic acids is 1. The molecule has 29 heavy (non-hydrogen) atoms. The summed E-state index contributed by atoms with van der Waals surface area (Å²) in [6.45, 7) is 10.2. The van der Waals surface area contributed by atoms with Crippen LogP contribution in [0.3, 0.4) is 0 Å². The standard InChI is InChI=1S/C23H33N5O/c1-4-13-28(14-5-2)23-24-18(3)17-21(26-23)22(29)25-19-9-11-20(12-10-19)27-15-7-6-8-16-27/h9-12,17H,4-8,13-16H2,1-3H3,(H,25,29). The normalized spacial score (nSPS) is 14.0. The van der Waals surface area contributed by atoms with Gasteiger partial charge < -0.3 is 15.1 Å². The van der Waals surface area contributed by atoms with Crippen molar-refractivity contribution in [2.45, 2.75) is 52.9 Å². The van der Waals surface area contributed by atoms with Crippen LogP contribution in [-0.4, -0.2) is 42.1 Å². The largest absolute Gasteiger partial charge is 0.372 e. The first-order valence-electron chi connectivity index (χ1n) is 10.9. The van der Waals surface area contributed by atoms with Crippen molar-refractivity contribution in [1.29, 1.82) is 0 Å². The minimum atomic E-state index is -0.199. The molecule has 6 nitrogen and oxygen atoms in total. The molecule has 1 amide bonds. The Morgan fingerprint density at radius 2 is 1.69 bits per heavy atom. The predicted molar refractivity (Wildman–Crippen MR) is 120 cm³/mol. The molecule has 156 valence electrons. The van der Waals surface area contributed by atoms with Crippen molar-refractivity contribution < 1.29 is 4.79 Å². The number of nitrogens with zero attached hydrogens (tertiary/aromatic N) is 4. The molecule has 2 aromatic rings. The van der Waals surface area contributed by atoms with E-state index in [-0.39, 0.29) is 5.91 Å². The monoisotopic (exact) mass is 395 g/mol. The van der Waals surface area contributed by atoms with Gasteiger partial charge in [-0.15, -0.1) is 0 Å². The summed E-state index contributed by atoms with van der Waals surface area (Å²) in [5.41, 5.74) is 3.22. The quantitative estimate of drug-likeness (QED) is 0.705. The van der Waals surface area contributed by atoms with Crippen molar-refractivity contribution in [3.63, 3.8) is 0 Å². The third-order valence-electron chi connectivity index (χ3n) is 5.19. The topological polar surface area (TPSA) is 61.4 Å². The Hall–Kier alpha value is -2.63. The lowest BCUT2D eigenvalue weighted by molar-refractivity contribution is 0.102. The Balaban J connectivity index is 1.71. The number of carbonyl (C=O) groups is 1. The van der Waals surface area contributed by atoms with Crippen molar-refractivity contribution in [3.8, 4) is 0 Å². The number of hydrogen-bond donors (Lipinski definition) is 1. The summed E-state index contributed by atoms with van der Waals surface area (Å²) in [4.78, 5) is 26.5. The molecule has 2 heterocycles. The summed E-state index contributed by atoms with van der Waals surface area (Å²) in [7, 11) is 0. The summed E-state index contributed by atoms with van der Waals surface area (Å²) in [5.74, 6) is 0.440. The van der Waals surface area contributed by atoms with Crippen molar-refractivity contribution in [3.05, 3.63) is 41.7 Å². The molecule has 1 aliphatic rings. The average molecular weight is 396 g/mol.